The molecule has 3 nitrogen and oxygen atoms in total. The minimum absolute atomic E-state index is 0.218. The maximum Gasteiger partial charge on any atom is 0.0484 e. The number of nitrogens with zero attached hydrogens (tertiary/aromatic N) is 2. The lowest BCUT2D eigenvalue weighted by atomic mass is 10.0. The molecule has 90 valence electrons. The Labute approximate surface area is 101 Å². The molecule has 0 saturated heterocycles. The van der Waals surface area contributed by atoms with E-state index in [1.807, 2.05) is 0 Å². The molecule has 2 aromatic rings. The highest BCUT2D eigenvalue weighted by molar-refractivity contribution is 5.85. The van der Waals surface area contributed by atoms with Gasteiger partial charge in [-0.2, -0.15) is 0 Å². The van der Waals surface area contributed by atoms with Gasteiger partial charge in [0.15, 0.2) is 0 Å². The monoisotopic (exact) mass is 230 g/mol. The third-order valence-corrected chi connectivity index (χ3v) is 3.66. The van der Waals surface area contributed by atoms with Crippen molar-refractivity contribution in [3.05, 3.63) is 35.0 Å². The predicted octanol–water partition coefficient (Wildman–Crippen LogP) is 1.66. The van der Waals surface area contributed by atoms with Crippen LogP contribution in [-0.2, 0) is 26.6 Å². The van der Waals surface area contributed by atoms with E-state index in [1.165, 1.54) is 27.6 Å². The number of benzene rings is 1. The zero-order valence-electron chi connectivity index (χ0n) is 10.4. The van der Waals surface area contributed by atoms with E-state index in [0.717, 1.165) is 19.5 Å². The fourth-order valence-corrected chi connectivity index (χ4v) is 2.85. The highest BCUT2D eigenvalue weighted by atomic mass is 16.2. The molecule has 1 aromatic heterocycles. The number of aromatic nitrogens is 1. The topological polar surface area (TPSA) is 28.4 Å². The fourth-order valence-electron chi connectivity index (χ4n) is 2.85. The van der Waals surface area contributed by atoms with Crippen LogP contribution in [0, 0.1) is 0 Å². The van der Waals surface area contributed by atoms with Crippen molar-refractivity contribution < 1.29 is 5.11 Å². The first-order valence-corrected chi connectivity index (χ1v) is 6.08. The summed E-state index contributed by atoms with van der Waals surface area (Å²) in [5.74, 6) is 0. The van der Waals surface area contributed by atoms with Gasteiger partial charge in [-0.15, -0.1) is 0 Å². The Hall–Kier alpha value is -1.32. The van der Waals surface area contributed by atoms with Crippen molar-refractivity contribution >= 4 is 10.9 Å². The molecule has 1 aliphatic rings. The van der Waals surface area contributed by atoms with Crippen molar-refractivity contribution in [3.8, 4) is 0 Å². The van der Waals surface area contributed by atoms with Gasteiger partial charge >= 0.3 is 0 Å². The first kappa shape index (κ1) is 10.8. The lowest BCUT2D eigenvalue weighted by molar-refractivity contribution is 0.300. The van der Waals surface area contributed by atoms with E-state index in [1.54, 1.807) is 0 Å². The molecule has 0 bridgehead atoms. The van der Waals surface area contributed by atoms with Crippen LogP contribution in [0.15, 0.2) is 18.3 Å². The number of hydrogen-bond acceptors (Lipinski definition) is 2. The maximum absolute atomic E-state index is 9.11. The van der Waals surface area contributed by atoms with Crippen LogP contribution in [0.5, 0.6) is 0 Å². The van der Waals surface area contributed by atoms with Gasteiger partial charge < -0.3 is 9.67 Å². The molecular formula is C14H18N2O. The van der Waals surface area contributed by atoms with Crippen LogP contribution in [0.25, 0.3) is 10.9 Å². The van der Waals surface area contributed by atoms with Gasteiger partial charge in [0.2, 0.25) is 0 Å². The quantitative estimate of drug-likeness (QED) is 0.850. The average molecular weight is 230 g/mol. The third-order valence-electron chi connectivity index (χ3n) is 3.66. The fraction of sp³-hybridized carbons (Fsp3) is 0.429. The molecule has 2 heterocycles. The summed E-state index contributed by atoms with van der Waals surface area (Å²) in [5.41, 5.74) is 5.41. The summed E-state index contributed by atoms with van der Waals surface area (Å²) < 4.78 is 2.17. The Balaban J connectivity index is 2.19. The summed E-state index contributed by atoms with van der Waals surface area (Å²) in [5, 5.41) is 10.4. The largest absolute Gasteiger partial charge is 0.396 e. The maximum atomic E-state index is 9.11. The molecule has 1 aromatic carbocycles. The SMILES string of the molecule is CN1Cc2cc3c(CCO)cn(C)c3cc2C1. The average Bonchev–Trinajstić information content (AvgIpc) is 2.78. The van der Waals surface area contributed by atoms with E-state index < -0.39 is 0 Å². The third kappa shape index (κ3) is 1.66. The number of aryl methyl sites for hydroxylation is 1. The lowest BCUT2D eigenvalue weighted by Gasteiger charge is -2.02. The summed E-state index contributed by atoms with van der Waals surface area (Å²) in [6.07, 6.45) is 2.88. The van der Waals surface area contributed by atoms with Gasteiger partial charge in [0.1, 0.15) is 0 Å². The van der Waals surface area contributed by atoms with Gasteiger partial charge in [0, 0.05) is 43.8 Å². The van der Waals surface area contributed by atoms with Crippen molar-refractivity contribution in [1.29, 1.82) is 0 Å². The van der Waals surface area contributed by atoms with Gasteiger partial charge in [-0.25, -0.2) is 0 Å². The van der Waals surface area contributed by atoms with E-state index in [4.69, 9.17) is 5.11 Å². The van der Waals surface area contributed by atoms with Gasteiger partial charge in [-0.1, -0.05) is 0 Å². The Morgan fingerprint density at radius 1 is 1.18 bits per heavy atom. The van der Waals surface area contributed by atoms with Crippen LogP contribution in [0.4, 0.5) is 0 Å². The molecule has 0 aliphatic carbocycles. The van der Waals surface area contributed by atoms with Crippen molar-refractivity contribution in [2.24, 2.45) is 7.05 Å². The molecule has 0 fully saturated rings. The van der Waals surface area contributed by atoms with E-state index in [-0.39, 0.29) is 6.61 Å². The van der Waals surface area contributed by atoms with Crippen LogP contribution in [0.1, 0.15) is 16.7 Å². The molecule has 3 heteroatoms. The highest BCUT2D eigenvalue weighted by Crippen LogP contribution is 2.29. The minimum atomic E-state index is 0.218. The summed E-state index contributed by atoms with van der Waals surface area (Å²) in [6, 6.07) is 4.61. The normalized spacial score (nSPS) is 15.7. The van der Waals surface area contributed by atoms with E-state index in [9.17, 15) is 0 Å². The molecule has 1 aliphatic heterocycles. The smallest absolute Gasteiger partial charge is 0.0484 e. The van der Waals surface area contributed by atoms with Crippen molar-refractivity contribution in [2.75, 3.05) is 13.7 Å². The van der Waals surface area contributed by atoms with Gasteiger partial charge in [0.25, 0.3) is 0 Å². The van der Waals surface area contributed by atoms with Crippen LogP contribution >= 0.6 is 0 Å². The summed E-state index contributed by atoms with van der Waals surface area (Å²) >= 11 is 0. The van der Waals surface area contributed by atoms with Gasteiger partial charge in [0.05, 0.1) is 0 Å². The van der Waals surface area contributed by atoms with Gasteiger partial charge in [-0.3, -0.25) is 4.90 Å². The van der Waals surface area contributed by atoms with Gasteiger partial charge in [-0.05, 0) is 42.3 Å². The van der Waals surface area contributed by atoms with Crippen molar-refractivity contribution in [1.82, 2.24) is 9.47 Å². The molecule has 0 amide bonds. The molecule has 0 spiro atoms. The number of hydrogen-bond donors (Lipinski definition) is 1. The Kier molecular flexibility index (Phi) is 2.45. The molecular weight excluding hydrogens is 212 g/mol. The summed E-state index contributed by atoms with van der Waals surface area (Å²) in [4.78, 5) is 2.33. The van der Waals surface area contributed by atoms with Crippen LogP contribution < -0.4 is 0 Å². The first-order valence-electron chi connectivity index (χ1n) is 6.08. The summed E-state index contributed by atoms with van der Waals surface area (Å²) in [7, 11) is 4.23. The zero-order valence-corrected chi connectivity index (χ0v) is 10.4. The Bertz CT molecular complexity index is 571. The minimum Gasteiger partial charge on any atom is -0.396 e. The number of rotatable bonds is 2. The van der Waals surface area contributed by atoms with Crippen LogP contribution in [0.3, 0.4) is 0 Å². The van der Waals surface area contributed by atoms with E-state index in [0.29, 0.717) is 0 Å². The second-order valence-electron chi connectivity index (χ2n) is 5.05. The molecule has 17 heavy (non-hydrogen) atoms. The molecule has 0 radical (unpaired) electrons. The number of aliphatic hydroxyl groups is 1. The second kappa shape index (κ2) is 3.86. The molecule has 0 saturated carbocycles. The Morgan fingerprint density at radius 2 is 1.88 bits per heavy atom. The predicted molar refractivity (Wildman–Crippen MR) is 68.9 cm³/mol. The Morgan fingerprint density at radius 3 is 2.59 bits per heavy atom. The molecule has 1 N–H and O–H groups in total. The summed E-state index contributed by atoms with van der Waals surface area (Å²) in [6.45, 7) is 2.31. The molecule has 0 atom stereocenters. The second-order valence-corrected chi connectivity index (χ2v) is 5.05. The standard InChI is InChI=1S/C14H18N2O/c1-15-7-11-5-13-10(3-4-17)9-16(2)14(13)6-12(11)8-15/h5-6,9,17H,3-4,7-8H2,1-2H3. The van der Waals surface area contributed by atoms with Crippen LogP contribution in [-0.4, -0.2) is 28.2 Å². The lowest BCUT2D eigenvalue weighted by Crippen LogP contribution is -2.07. The number of fused-ring (bicyclic) bond motifs is 2. The zero-order chi connectivity index (χ0) is 12.0. The number of aliphatic hydroxyl groups excluding tert-OH is 1. The van der Waals surface area contributed by atoms with Crippen molar-refractivity contribution in [3.63, 3.8) is 0 Å². The first-order chi connectivity index (χ1) is 8.19. The highest BCUT2D eigenvalue weighted by Gasteiger charge is 2.18. The molecule has 3 rings (SSSR count). The van der Waals surface area contributed by atoms with Crippen LogP contribution in [0.2, 0.25) is 0 Å². The van der Waals surface area contributed by atoms with E-state index in [2.05, 4.69) is 41.9 Å². The van der Waals surface area contributed by atoms with E-state index >= 15 is 0 Å². The molecule has 0 unspecified atom stereocenters. The van der Waals surface area contributed by atoms with Crippen molar-refractivity contribution in [2.45, 2.75) is 19.5 Å².